The first-order valence-corrected chi connectivity index (χ1v) is 5.51. The number of carbonyl (C=O) groups excluding carboxylic acids is 1. The molecule has 92 valence electrons. The van der Waals surface area contributed by atoms with E-state index in [2.05, 4.69) is 5.32 Å². The van der Waals surface area contributed by atoms with E-state index >= 15 is 0 Å². The van der Waals surface area contributed by atoms with Gasteiger partial charge in [-0.3, -0.25) is 4.79 Å². The standard InChI is InChI=1S/C12H15FN2O2/c1-15(10-6-14-7-11(10)16)12(17)8-3-2-4-9(13)5-8/h2-5,10-11,14,16H,6-7H2,1H3/t10-,11-/m1/s1. The van der Waals surface area contributed by atoms with Crippen molar-refractivity contribution in [3.63, 3.8) is 0 Å². The summed E-state index contributed by atoms with van der Waals surface area (Å²) < 4.78 is 13.0. The first-order chi connectivity index (χ1) is 8.09. The highest BCUT2D eigenvalue weighted by molar-refractivity contribution is 5.94. The fourth-order valence-electron chi connectivity index (χ4n) is 2.02. The second-order valence-corrected chi connectivity index (χ2v) is 4.22. The molecule has 0 bridgehead atoms. The van der Waals surface area contributed by atoms with Gasteiger partial charge in [0.15, 0.2) is 0 Å². The van der Waals surface area contributed by atoms with Crippen LogP contribution in [0.25, 0.3) is 0 Å². The van der Waals surface area contributed by atoms with Gasteiger partial charge in [0.1, 0.15) is 5.82 Å². The maximum absolute atomic E-state index is 13.0. The summed E-state index contributed by atoms with van der Waals surface area (Å²) in [7, 11) is 1.62. The van der Waals surface area contributed by atoms with E-state index in [4.69, 9.17) is 0 Å². The van der Waals surface area contributed by atoms with Crippen LogP contribution >= 0.6 is 0 Å². The summed E-state index contributed by atoms with van der Waals surface area (Å²) in [4.78, 5) is 13.5. The van der Waals surface area contributed by atoms with Crippen LogP contribution in [0.2, 0.25) is 0 Å². The third kappa shape index (κ3) is 2.45. The lowest BCUT2D eigenvalue weighted by Gasteiger charge is -2.26. The van der Waals surface area contributed by atoms with Crippen molar-refractivity contribution in [2.75, 3.05) is 20.1 Å². The van der Waals surface area contributed by atoms with Gasteiger partial charge in [-0.15, -0.1) is 0 Å². The van der Waals surface area contributed by atoms with Crippen molar-refractivity contribution in [1.29, 1.82) is 0 Å². The van der Waals surface area contributed by atoms with Crippen LogP contribution in [0.4, 0.5) is 4.39 Å². The maximum Gasteiger partial charge on any atom is 0.254 e. The molecule has 0 aliphatic carbocycles. The Morgan fingerprint density at radius 1 is 1.53 bits per heavy atom. The van der Waals surface area contributed by atoms with Gasteiger partial charge in [-0.1, -0.05) is 6.07 Å². The number of nitrogens with zero attached hydrogens (tertiary/aromatic N) is 1. The number of halogens is 1. The number of rotatable bonds is 2. The normalized spacial score (nSPS) is 23.7. The Morgan fingerprint density at radius 3 is 2.88 bits per heavy atom. The highest BCUT2D eigenvalue weighted by atomic mass is 19.1. The number of carbonyl (C=O) groups is 1. The number of aliphatic hydroxyl groups excluding tert-OH is 1. The van der Waals surface area contributed by atoms with Crippen LogP contribution in [-0.4, -0.2) is 48.2 Å². The Balaban J connectivity index is 2.14. The molecule has 17 heavy (non-hydrogen) atoms. The lowest BCUT2D eigenvalue weighted by Crippen LogP contribution is -2.44. The molecule has 2 N–H and O–H groups in total. The van der Waals surface area contributed by atoms with E-state index < -0.39 is 11.9 Å². The molecule has 0 unspecified atom stereocenters. The van der Waals surface area contributed by atoms with Crippen molar-refractivity contribution >= 4 is 5.91 Å². The number of hydrogen-bond donors (Lipinski definition) is 2. The summed E-state index contributed by atoms with van der Waals surface area (Å²) in [5.41, 5.74) is 0.298. The second kappa shape index (κ2) is 4.81. The largest absolute Gasteiger partial charge is 0.390 e. The lowest BCUT2D eigenvalue weighted by molar-refractivity contribution is 0.0581. The van der Waals surface area contributed by atoms with Crippen LogP contribution in [0.5, 0.6) is 0 Å². The molecule has 0 spiro atoms. The van der Waals surface area contributed by atoms with Crippen LogP contribution in [0.15, 0.2) is 24.3 Å². The van der Waals surface area contributed by atoms with Gasteiger partial charge in [0.05, 0.1) is 12.1 Å². The summed E-state index contributed by atoms with van der Waals surface area (Å²) in [6, 6.07) is 5.30. The molecule has 4 nitrogen and oxygen atoms in total. The molecule has 2 rings (SSSR count). The van der Waals surface area contributed by atoms with Crippen molar-refractivity contribution < 1.29 is 14.3 Å². The molecule has 1 amide bonds. The quantitative estimate of drug-likeness (QED) is 0.775. The van der Waals surface area contributed by atoms with E-state index in [1.54, 1.807) is 13.1 Å². The average Bonchev–Trinajstić information content (AvgIpc) is 2.73. The number of amides is 1. The number of β-amino-alcohol motifs (C(OH)–C–C–N with tert-alkyl or cyclic N) is 1. The van der Waals surface area contributed by atoms with Crippen LogP contribution in [0.3, 0.4) is 0 Å². The summed E-state index contributed by atoms with van der Waals surface area (Å²) in [5, 5.41) is 12.7. The number of aliphatic hydroxyl groups is 1. The zero-order valence-electron chi connectivity index (χ0n) is 9.56. The van der Waals surface area contributed by atoms with Gasteiger partial charge >= 0.3 is 0 Å². The van der Waals surface area contributed by atoms with E-state index in [-0.39, 0.29) is 11.9 Å². The van der Waals surface area contributed by atoms with Gasteiger partial charge in [-0.05, 0) is 18.2 Å². The predicted molar refractivity (Wildman–Crippen MR) is 61.2 cm³/mol. The SMILES string of the molecule is CN(C(=O)c1cccc(F)c1)[C@@H]1CNC[C@H]1O. The van der Waals surface area contributed by atoms with Crippen LogP contribution in [-0.2, 0) is 0 Å². The van der Waals surface area contributed by atoms with Gasteiger partial charge < -0.3 is 15.3 Å². The second-order valence-electron chi connectivity index (χ2n) is 4.22. The number of hydrogen-bond acceptors (Lipinski definition) is 3. The van der Waals surface area contributed by atoms with Gasteiger partial charge in [-0.2, -0.15) is 0 Å². The molecular weight excluding hydrogens is 223 g/mol. The summed E-state index contributed by atoms with van der Waals surface area (Å²) in [6.45, 7) is 1.03. The molecule has 1 aliphatic heterocycles. The molecule has 1 fully saturated rings. The van der Waals surface area contributed by atoms with Crippen LogP contribution in [0, 0.1) is 5.82 Å². The van der Waals surface area contributed by atoms with Crippen molar-refractivity contribution in [1.82, 2.24) is 10.2 Å². The van der Waals surface area contributed by atoms with E-state index in [9.17, 15) is 14.3 Å². The smallest absolute Gasteiger partial charge is 0.254 e. The topological polar surface area (TPSA) is 52.6 Å². The first-order valence-electron chi connectivity index (χ1n) is 5.51. The first kappa shape index (κ1) is 12.0. The molecule has 1 heterocycles. The molecule has 0 saturated carbocycles. The summed E-state index contributed by atoms with van der Waals surface area (Å²) in [6.07, 6.45) is -0.572. The predicted octanol–water partition coefficient (Wildman–Crippen LogP) is 0.230. The van der Waals surface area contributed by atoms with Gasteiger partial charge in [0.25, 0.3) is 5.91 Å². The van der Waals surface area contributed by atoms with Crippen molar-refractivity contribution in [2.45, 2.75) is 12.1 Å². The van der Waals surface area contributed by atoms with Gasteiger partial charge in [0.2, 0.25) is 0 Å². The zero-order valence-corrected chi connectivity index (χ0v) is 9.56. The Kier molecular flexibility index (Phi) is 3.40. The lowest BCUT2D eigenvalue weighted by atomic mass is 10.1. The van der Waals surface area contributed by atoms with Crippen molar-refractivity contribution in [2.24, 2.45) is 0 Å². The molecule has 5 heteroatoms. The molecular formula is C12H15FN2O2. The average molecular weight is 238 g/mol. The van der Waals surface area contributed by atoms with E-state index in [0.29, 0.717) is 18.7 Å². The fourth-order valence-corrected chi connectivity index (χ4v) is 2.02. The molecule has 1 aromatic rings. The summed E-state index contributed by atoms with van der Waals surface area (Å²) >= 11 is 0. The third-order valence-corrected chi connectivity index (χ3v) is 3.04. The minimum atomic E-state index is -0.572. The Morgan fingerprint density at radius 2 is 2.29 bits per heavy atom. The minimum Gasteiger partial charge on any atom is -0.390 e. The monoisotopic (exact) mass is 238 g/mol. The van der Waals surface area contributed by atoms with Gasteiger partial charge in [0, 0.05) is 25.7 Å². The van der Waals surface area contributed by atoms with Gasteiger partial charge in [-0.25, -0.2) is 4.39 Å². The fraction of sp³-hybridized carbons (Fsp3) is 0.417. The number of likely N-dealkylation sites (N-methyl/N-ethyl adjacent to an activating group) is 1. The van der Waals surface area contributed by atoms with Crippen LogP contribution in [0.1, 0.15) is 10.4 Å². The summed E-state index contributed by atoms with van der Waals surface area (Å²) in [5.74, 6) is -0.716. The molecule has 1 aromatic carbocycles. The molecule has 1 aliphatic rings. The number of nitrogens with one attached hydrogen (secondary N) is 1. The highest BCUT2D eigenvalue weighted by Crippen LogP contribution is 2.12. The number of benzene rings is 1. The van der Waals surface area contributed by atoms with Crippen molar-refractivity contribution in [3.05, 3.63) is 35.6 Å². The molecule has 0 aromatic heterocycles. The Bertz CT molecular complexity index is 425. The zero-order chi connectivity index (χ0) is 12.4. The van der Waals surface area contributed by atoms with Crippen molar-refractivity contribution in [3.8, 4) is 0 Å². The highest BCUT2D eigenvalue weighted by Gasteiger charge is 2.31. The molecule has 1 saturated heterocycles. The Labute approximate surface area is 99.0 Å². The van der Waals surface area contributed by atoms with E-state index in [1.165, 1.54) is 23.1 Å². The molecule has 2 atom stereocenters. The third-order valence-electron chi connectivity index (χ3n) is 3.04. The molecule has 0 radical (unpaired) electrons. The minimum absolute atomic E-state index is 0.259. The van der Waals surface area contributed by atoms with Crippen LogP contribution < -0.4 is 5.32 Å². The van der Waals surface area contributed by atoms with E-state index in [1.807, 2.05) is 0 Å². The Hall–Kier alpha value is -1.46. The van der Waals surface area contributed by atoms with E-state index in [0.717, 1.165) is 0 Å². The maximum atomic E-state index is 13.0.